The molecule has 0 bridgehead atoms. The van der Waals surface area contributed by atoms with E-state index in [0.29, 0.717) is 5.69 Å². The van der Waals surface area contributed by atoms with Crippen molar-refractivity contribution in [3.05, 3.63) is 17.7 Å². The van der Waals surface area contributed by atoms with Crippen molar-refractivity contribution in [1.29, 1.82) is 0 Å². The molecular weight excluding hydrogens is 230 g/mol. The molecule has 0 spiro atoms. The fraction of sp³-hybridized carbons (Fsp3) is 0.500. The fourth-order valence-corrected chi connectivity index (χ4v) is 1.01. The molecule has 1 heterocycles. The van der Waals surface area contributed by atoms with Crippen LogP contribution in [-0.4, -0.2) is 28.7 Å². The second-order valence-electron chi connectivity index (χ2n) is 4.25. The van der Waals surface area contributed by atoms with Gasteiger partial charge in [-0.3, -0.25) is 4.90 Å². The molecule has 0 aliphatic rings. The lowest BCUT2D eigenvalue weighted by Crippen LogP contribution is -2.34. The highest BCUT2D eigenvalue weighted by Gasteiger charge is 2.20. The van der Waals surface area contributed by atoms with Crippen LogP contribution in [0.2, 0.25) is 5.28 Å². The van der Waals surface area contributed by atoms with Crippen LogP contribution >= 0.6 is 11.6 Å². The van der Waals surface area contributed by atoms with Gasteiger partial charge in [0.1, 0.15) is 5.60 Å². The Balaban J connectivity index is 2.74. The van der Waals surface area contributed by atoms with E-state index in [1.54, 1.807) is 27.8 Å². The van der Waals surface area contributed by atoms with Gasteiger partial charge in [-0.25, -0.2) is 14.8 Å². The minimum Gasteiger partial charge on any atom is -0.443 e. The first-order valence-electron chi connectivity index (χ1n) is 4.74. The van der Waals surface area contributed by atoms with Crippen LogP contribution in [0, 0.1) is 0 Å². The maximum atomic E-state index is 11.7. The van der Waals surface area contributed by atoms with Crippen LogP contribution in [-0.2, 0) is 4.74 Å². The van der Waals surface area contributed by atoms with Gasteiger partial charge in [0.05, 0.1) is 18.1 Å². The highest BCUT2D eigenvalue weighted by atomic mass is 35.5. The van der Waals surface area contributed by atoms with Crippen LogP contribution in [0.1, 0.15) is 20.8 Å². The number of aromatic nitrogens is 2. The zero-order valence-electron chi connectivity index (χ0n) is 9.69. The van der Waals surface area contributed by atoms with Crippen LogP contribution in [0.3, 0.4) is 0 Å². The minimum absolute atomic E-state index is 0.140. The lowest BCUT2D eigenvalue weighted by atomic mass is 10.2. The van der Waals surface area contributed by atoms with Gasteiger partial charge in [0, 0.05) is 7.05 Å². The second kappa shape index (κ2) is 4.65. The standard InChI is InChI=1S/C10H14ClN3O2/c1-10(2,3)16-9(15)14(4)7-5-12-8(11)13-6-7/h5-6H,1-4H3. The summed E-state index contributed by atoms with van der Waals surface area (Å²) in [4.78, 5) is 20.5. The van der Waals surface area contributed by atoms with Gasteiger partial charge in [0.2, 0.25) is 5.28 Å². The van der Waals surface area contributed by atoms with Crippen LogP contribution in [0.25, 0.3) is 0 Å². The Morgan fingerprint density at radius 2 is 1.88 bits per heavy atom. The van der Waals surface area contributed by atoms with Crippen molar-refractivity contribution in [1.82, 2.24) is 9.97 Å². The number of hydrogen-bond donors (Lipinski definition) is 0. The topological polar surface area (TPSA) is 55.3 Å². The molecule has 0 atom stereocenters. The SMILES string of the molecule is CN(C(=O)OC(C)(C)C)c1cnc(Cl)nc1. The first-order chi connectivity index (χ1) is 7.29. The lowest BCUT2D eigenvalue weighted by Gasteiger charge is -2.24. The van der Waals surface area contributed by atoms with Gasteiger partial charge in [-0.05, 0) is 32.4 Å². The summed E-state index contributed by atoms with van der Waals surface area (Å²) >= 11 is 5.55. The van der Waals surface area contributed by atoms with Gasteiger partial charge in [-0.1, -0.05) is 0 Å². The maximum absolute atomic E-state index is 11.7. The monoisotopic (exact) mass is 243 g/mol. The van der Waals surface area contributed by atoms with Crippen LogP contribution in [0.15, 0.2) is 12.4 Å². The Morgan fingerprint density at radius 3 is 2.31 bits per heavy atom. The number of halogens is 1. The third kappa shape index (κ3) is 3.66. The van der Waals surface area contributed by atoms with Crippen molar-refractivity contribution < 1.29 is 9.53 Å². The van der Waals surface area contributed by atoms with Crippen molar-refractivity contribution in [2.45, 2.75) is 26.4 Å². The van der Waals surface area contributed by atoms with E-state index in [9.17, 15) is 4.79 Å². The average Bonchev–Trinajstić information content (AvgIpc) is 2.15. The normalized spacial score (nSPS) is 11.1. The molecule has 0 aliphatic carbocycles. The van der Waals surface area contributed by atoms with E-state index in [0.717, 1.165) is 0 Å². The molecule has 6 heteroatoms. The number of carbonyl (C=O) groups excluding carboxylic acids is 1. The van der Waals surface area contributed by atoms with Crippen LogP contribution in [0.4, 0.5) is 10.5 Å². The molecule has 5 nitrogen and oxygen atoms in total. The molecule has 0 N–H and O–H groups in total. The zero-order chi connectivity index (χ0) is 12.3. The molecule has 88 valence electrons. The van der Waals surface area contributed by atoms with E-state index in [-0.39, 0.29) is 5.28 Å². The fourth-order valence-electron chi connectivity index (χ4n) is 0.914. The quantitative estimate of drug-likeness (QED) is 0.711. The molecule has 0 radical (unpaired) electrons. The summed E-state index contributed by atoms with van der Waals surface area (Å²) in [6.45, 7) is 5.41. The van der Waals surface area contributed by atoms with Crippen molar-refractivity contribution in [3.63, 3.8) is 0 Å². The largest absolute Gasteiger partial charge is 0.443 e. The number of amides is 1. The third-order valence-electron chi connectivity index (χ3n) is 1.66. The van der Waals surface area contributed by atoms with E-state index in [1.807, 2.05) is 0 Å². The summed E-state index contributed by atoms with van der Waals surface area (Å²) in [6.07, 6.45) is 2.46. The first kappa shape index (κ1) is 12.7. The van der Waals surface area contributed by atoms with Crippen molar-refractivity contribution in [2.75, 3.05) is 11.9 Å². The second-order valence-corrected chi connectivity index (χ2v) is 4.59. The molecular formula is C10H14ClN3O2. The minimum atomic E-state index is -0.529. The van der Waals surface area contributed by atoms with Gasteiger partial charge >= 0.3 is 6.09 Å². The number of rotatable bonds is 1. The van der Waals surface area contributed by atoms with Crippen molar-refractivity contribution >= 4 is 23.4 Å². The van der Waals surface area contributed by atoms with Crippen LogP contribution in [0.5, 0.6) is 0 Å². The van der Waals surface area contributed by atoms with E-state index >= 15 is 0 Å². The summed E-state index contributed by atoms with van der Waals surface area (Å²) in [5, 5.41) is 0.140. The number of ether oxygens (including phenoxy) is 1. The van der Waals surface area contributed by atoms with Crippen molar-refractivity contribution in [3.8, 4) is 0 Å². The Bertz CT molecular complexity index is 373. The molecule has 0 aromatic carbocycles. The molecule has 0 unspecified atom stereocenters. The van der Waals surface area contributed by atoms with Gasteiger partial charge in [0.15, 0.2) is 0 Å². The smallest absolute Gasteiger partial charge is 0.414 e. The third-order valence-corrected chi connectivity index (χ3v) is 1.86. The summed E-state index contributed by atoms with van der Waals surface area (Å²) in [5.41, 5.74) is -0.00261. The number of carbonyl (C=O) groups is 1. The predicted octanol–water partition coefficient (Wildman–Crippen LogP) is 2.50. The Kier molecular flexibility index (Phi) is 3.70. The molecule has 0 fully saturated rings. The molecule has 16 heavy (non-hydrogen) atoms. The predicted molar refractivity (Wildman–Crippen MR) is 61.7 cm³/mol. The molecule has 0 saturated heterocycles. The first-order valence-corrected chi connectivity index (χ1v) is 5.11. The zero-order valence-corrected chi connectivity index (χ0v) is 10.4. The summed E-state index contributed by atoms with van der Waals surface area (Å²) in [5.74, 6) is 0. The summed E-state index contributed by atoms with van der Waals surface area (Å²) in [6, 6.07) is 0. The highest BCUT2D eigenvalue weighted by molar-refractivity contribution is 6.28. The molecule has 1 rings (SSSR count). The van der Waals surface area contributed by atoms with Crippen LogP contribution < -0.4 is 4.90 Å². The van der Waals surface area contributed by atoms with Gasteiger partial charge in [-0.15, -0.1) is 0 Å². The van der Waals surface area contributed by atoms with E-state index in [4.69, 9.17) is 16.3 Å². The highest BCUT2D eigenvalue weighted by Crippen LogP contribution is 2.15. The average molecular weight is 244 g/mol. The Hall–Kier alpha value is -1.36. The summed E-state index contributed by atoms with van der Waals surface area (Å²) in [7, 11) is 1.58. The van der Waals surface area contributed by atoms with Crippen molar-refractivity contribution in [2.24, 2.45) is 0 Å². The van der Waals surface area contributed by atoms with Gasteiger partial charge in [-0.2, -0.15) is 0 Å². The van der Waals surface area contributed by atoms with Gasteiger partial charge < -0.3 is 4.74 Å². The lowest BCUT2D eigenvalue weighted by molar-refractivity contribution is 0.0589. The number of anilines is 1. The Morgan fingerprint density at radius 1 is 1.38 bits per heavy atom. The molecule has 0 saturated carbocycles. The molecule has 1 aromatic rings. The molecule has 0 aliphatic heterocycles. The molecule has 1 aromatic heterocycles. The number of hydrogen-bond acceptors (Lipinski definition) is 4. The molecule has 1 amide bonds. The van der Waals surface area contributed by atoms with E-state index < -0.39 is 11.7 Å². The summed E-state index contributed by atoms with van der Waals surface area (Å²) < 4.78 is 5.18. The van der Waals surface area contributed by atoms with E-state index in [1.165, 1.54) is 17.3 Å². The number of nitrogens with zero attached hydrogens (tertiary/aromatic N) is 3. The van der Waals surface area contributed by atoms with Gasteiger partial charge in [0.25, 0.3) is 0 Å². The Labute approximate surface area is 99.4 Å². The maximum Gasteiger partial charge on any atom is 0.414 e. The van der Waals surface area contributed by atoms with E-state index in [2.05, 4.69) is 9.97 Å².